The Hall–Kier alpha value is -2.44. The fraction of sp³-hybridized carbons (Fsp3) is 0.375. The summed E-state index contributed by atoms with van der Waals surface area (Å²) in [6, 6.07) is 7.64. The summed E-state index contributed by atoms with van der Waals surface area (Å²) in [4.78, 5) is 17.4. The SMILES string of the molecule is CC1C=C(/C=N/N(C)c2nc(-c3ccccc3Cl)cs2)C(C(=O)OC2CCCCC2)=C1. The molecule has 5 nitrogen and oxygen atoms in total. The zero-order chi connectivity index (χ0) is 21.8. The van der Waals surface area contributed by atoms with Crippen molar-refractivity contribution in [1.82, 2.24) is 4.98 Å². The number of hydrogen-bond donors (Lipinski definition) is 0. The molecular formula is C24H26ClN3O2S. The van der Waals surface area contributed by atoms with Crippen molar-refractivity contribution >= 4 is 40.3 Å². The Kier molecular flexibility index (Phi) is 6.88. The molecule has 1 unspecified atom stereocenters. The van der Waals surface area contributed by atoms with E-state index in [0.717, 1.165) is 47.6 Å². The van der Waals surface area contributed by atoms with Gasteiger partial charge in [-0.05, 0) is 37.7 Å². The van der Waals surface area contributed by atoms with Gasteiger partial charge in [0.2, 0.25) is 5.13 Å². The van der Waals surface area contributed by atoms with Gasteiger partial charge in [-0.1, -0.05) is 55.3 Å². The van der Waals surface area contributed by atoms with Crippen LogP contribution in [0.4, 0.5) is 5.13 Å². The number of esters is 1. The lowest BCUT2D eigenvalue weighted by Crippen LogP contribution is -2.22. The molecule has 162 valence electrons. The fourth-order valence-electron chi connectivity index (χ4n) is 3.88. The predicted octanol–water partition coefficient (Wildman–Crippen LogP) is 6.26. The van der Waals surface area contributed by atoms with E-state index < -0.39 is 0 Å². The quantitative estimate of drug-likeness (QED) is 0.293. The largest absolute Gasteiger partial charge is 0.459 e. The molecular weight excluding hydrogens is 430 g/mol. The molecule has 0 spiro atoms. The van der Waals surface area contributed by atoms with Crippen molar-refractivity contribution in [3.8, 4) is 11.3 Å². The van der Waals surface area contributed by atoms with Crippen LogP contribution in [0.3, 0.4) is 0 Å². The van der Waals surface area contributed by atoms with Crippen LogP contribution in [0.1, 0.15) is 39.0 Å². The van der Waals surface area contributed by atoms with E-state index in [4.69, 9.17) is 16.3 Å². The van der Waals surface area contributed by atoms with Crippen molar-refractivity contribution < 1.29 is 9.53 Å². The molecule has 1 atom stereocenters. The highest BCUT2D eigenvalue weighted by atomic mass is 35.5. The van der Waals surface area contributed by atoms with Gasteiger partial charge in [-0.15, -0.1) is 11.3 Å². The zero-order valence-electron chi connectivity index (χ0n) is 17.8. The standard InChI is InChI=1S/C24H26ClN3O2S/c1-16-12-17(20(13-16)23(29)30-18-8-4-3-5-9-18)14-26-28(2)24-27-22(15-31-24)19-10-6-7-11-21(19)25/h6-7,10-16,18H,3-5,8-9H2,1-2H3/b26-14+. The Bertz CT molecular complexity index is 1040. The number of nitrogens with zero attached hydrogens (tertiary/aromatic N) is 3. The third kappa shape index (κ3) is 5.25. The molecule has 1 aromatic carbocycles. The molecule has 0 amide bonds. The molecule has 1 saturated carbocycles. The third-order valence-electron chi connectivity index (χ3n) is 5.52. The summed E-state index contributed by atoms with van der Waals surface area (Å²) in [6.45, 7) is 2.05. The van der Waals surface area contributed by atoms with E-state index in [2.05, 4.69) is 17.0 Å². The first-order valence-electron chi connectivity index (χ1n) is 10.6. The van der Waals surface area contributed by atoms with Crippen LogP contribution in [0.25, 0.3) is 11.3 Å². The molecule has 0 N–H and O–H groups in total. The highest BCUT2D eigenvalue weighted by Gasteiger charge is 2.25. The molecule has 7 heteroatoms. The van der Waals surface area contributed by atoms with Crippen molar-refractivity contribution in [2.45, 2.75) is 45.1 Å². The maximum atomic E-state index is 12.7. The fourth-order valence-corrected chi connectivity index (χ4v) is 4.86. The van der Waals surface area contributed by atoms with E-state index in [1.54, 1.807) is 11.2 Å². The molecule has 2 aromatic rings. The van der Waals surface area contributed by atoms with Crippen molar-refractivity contribution in [2.75, 3.05) is 12.1 Å². The zero-order valence-corrected chi connectivity index (χ0v) is 19.3. The minimum atomic E-state index is -0.244. The normalized spacial score (nSPS) is 19.4. The van der Waals surface area contributed by atoms with Crippen molar-refractivity contribution in [3.05, 3.63) is 58.0 Å². The Morgan fingerprint density at radius 1 is 1.26 bits per heavy atom. The summed E-state index contributed by atoms with van der Waals surface area (Å²) < 4.78 is 5.76. The van der Waals surface area contributed by atoms with Crippen LogP contribution in [0, 0.1) is 5.92 Å². The van der Waals surface area contributed by atoms with E-state index in [0.29, 0.717) is 10.6 Å². The number of hydrogen-bond acceptors (Lipinski definition) is 6. The van der Waals surface area contributed by atoms with Gasteiger partial charge in [0, 0.05) is 28.6 Å². The second-order valence-electron chi connectivity index (χ2n) is 7.99. The number of hydrazone groups is 1. The summed E-state index contributed by atoms with van der Waals surface area (Å²) in [5.74, 6) is -0.0702. The number of allylic oxidation sites excluding steroid dienone is 2. The molecule has 31 heavy (non-hydrogen) atoms. The number of anilines is 1. The molecule has 0 radical (unpaired) electrons. The lowest BCUT2D eigenvalue weighted by molar-refractivity contribution is -0.145. The molecule has 1 fully saturated rings. The Balaban J connectivity index is 1.43. The smallest absolute Gasteiger partial charge is 0.338 e. The van der Waals surface area contributed by atoms with E-state index in [1.807, 2.05) is 48.8 Å². The van der Waals surface area contributed by atoms with E-state index >= 15 is 0 Å². The highest BCUT2D eigenvalue weighted by molar-refractivity contribution is 7.14. The molecule has 1 aromatic heterocycles. The Labute approximate surface area is 192 Å². The first kappa shape index (κ1) is 21.8. The monoisotopic (exact) mass is 455 g/mol. The van der Waals surface area contributed by atoms with Gasteiger partial charge in [0.05, 0.1) is 17.5 Å². The maximum absolute atomic E-state index is 12.7. The second-order valence-corrected chi connectivity index (χ2v) is 9.23. The molecule has 0 saturated heterocycles. The van der Waals surface area contributed by atoms with Crippen LogP contribution in [0.2, 0.25) is 5.02 Å². The number of rotatable bonds is 6. The number of thiazole rings is 1. The van der Waals surface area contributed by atoms with Gasteiger partial charge in [-0.25, -0.2) is 14.8 Å². The van der Waals surface area contributed by atoms with Crippen LogP contribution >= 0.6 is 22.9 Å². The summed E-state index contributed by atoms with van der Waals surface area (Å²) in [7, 11) is 1.84. The Morgan fingerprint density at radius 2 is 2.03 bits per heavy atom. The average molecular weight is 456 g/mol. The topological polar surface area (TPSA) is 54.8 Å². The van der Waals surface area contributed by atoms with Gasteiger partial charge in [-0.3, -0.25) is 0 Å². The number of aromatic nitrogens is 1. The summed E-state index contributed by atoms with van der Waals surface area (Å²) in [5.41, 5.74) is 3.11. The summed E-state index contributed by atoms with van der Waals surface area (Å²) in [5, 5.41) is 9.61. The predicted molar refractivity (Wildman–Crippen MR) is 128 cm³/mol. The van der Waals surface area contributed by atoms with Gasteiger partial charge < -0.3 is 4.74 Å². The van der Waals surface area contributed by atoms with E-state index in [1.165, 1.54) is 17.8 Å². The number of ether oxygens (including phenoxy) is 1. The van der Waals surface area contributed by atoms with Crippen LogP contribution < -0.4 is 5.01 Å². The first-order valence-corrected chi connectivity index (χ1v) is 11.9. The lowest BCUT2D eigenvalue weighted by Gasteiger charge is -2.22. The number of carbonyl (C=O) groups is 1. The van der Waals surface area contributed by atoms with Gasteiger partial charge in [-0.2, -0.15) is 5.10 Å². The second kappa shape index (κ2) is 9.79. The summed E-state index contributed by atoms with van der Waals surface area (Å²) >= 11 is 7.78. The lowest BCUT2D eigenvalue weighted by atomic mass is 9.97. The van der Waals surface area contributed by atoms with Crippen molar-refractivity contribution in [3.63, 3.8) is 0 Å². The number of benzene rings is 1. The Morgan fingerprint density at radius 3 is 2.81 bits per heavy atom. The van der Waals surface area contributed by atoms with Gasteiger partial charge >= 0.3 is 5.97 Å². The van der Waals surface area contributed by atoms with Gasteiger partial charge in [0.15, 0.2) is 0 Å². The average Bonchev–Trinajstić information content (AvgIpc) is 3.40. The third-order valence-corrected chi connectivity index (χ3v) is 6.75. The van der Waals surface area contributed by atoms with E-state index in [9.17, 15) is 4.79 Å². The van der Waals surface area contributed by atoms with Gasteiger partial charge in [0.1, 0.15) is 6.10 Å². The van der Waals surface area contributed by atoms with Crippen molar-refractivity contribution in [2.24, 2.45) is 11.0 Å². The molecule has 0 aliphatic heterocycles. The van der Waals surface area contributed by atoms with Crippen LogP contribution in [0.5, 0.6) is 0 Å². The maximum Gasteiger partial charge on any atom is 0.338 e. The summed E-state index contributed by atoms with van der Waals surface area (Å²) in [6.07, 6.45) is 11.2. The van der Waals surface area contributed by atoms with Gasteiger partial charge in [0.25, 0.3) is 0 Å². The van der Waals surface area contributed by atoms with E-state index in [-0.39, 0.29) is 18.0 Å². The van der Waals surface area contributed by atoms with Crippen LogP contribution in [-0.2, 0) is 9.53 Å². The highest BCUT2D eigenvalue weighted by Crippen LogP contribution is 2.32. The van der Waals surface area contributed by atoms with Crippen LogP contribution in [0.15, 0.2) is 58.0 Å². The minimum absolute atomic E-state index is 0.0393. The molecule has 1 heterocycles. The molecule has 0 bridgehead atoms. The van der Waals surface area contributed by atoms with Crippen molar-refractivity contribution in [1.29, 1.82) is 0 Å². The molecule has 2 aliphatic carbocycles. The number of carbonyl (C=O) groups excluding carboxylic acids is 1. The number of halogens is 1. The molecule has 4 rings (SSSR count). The molecule has 2 aliphatic rings. The van der Waals surface area contributed by atoms with Crippen LogP contribution in [-0.4, -0.2) is 30.3 Å². The first-order chi connectivity index (χ1) is 15.0. The minimum Gasteiger partial charge on any atom is -0.459 e.